The molecule has 0 atom stereocenters. The van der Waals surface area contributed by atoms with E-state index in [9.17, 15) is 24.5 Å². The number of ether oxygens (including phenoxy) is 1. The van der Waals surface area contributed by atoms with Crippen LogP contribution in [0.2, 0.25) is 0 Å². The summed E-state index contributed by atoms with van der Waals surface area (Å²) in [5.41, 5.74) is 1.01. The van der Waals surface area contributed by atoms with Crippen molar-refractivity contribution in [2.24, 2.45) is 0 Å². The molecule has 1 aliphatic heterocycles. The van der Waals surface area contributed by atoms with Crippen LogP contribution in [0.15, 0.2) is 53.4 Å². The normalized spacial score (nSPS) is 13.4. The maximum absolute atomic E-state index is 12.3. The lowest BCUT2D eigenvalue weighted by Gasteiger charge is -2.16. The molecule has 0 aromatic heterocycles. The Balaban J connectivity index is 1.49. The van der Waals surface area contributed by atoms with Crippen LogP contribution < -0.4 is 4.90 Å². The van der Waals surface area contributed by atoms with Gasteiger partial charge in [0.2, 0.25) is 5.91 Å². The molecule has 1 aliphatic rings. The first-order chi connectivity index (χ1) is 13.9. The molecule has 8 nitrogen and oxygen atoms in total. The third-order valence-corrected chi connectivity index (χ3v) is 5.31. The Bertz CT molecular complexity index is 944. The van der Waals surface area contributed by atoms with Gasteiger partial charge in [-0.3, -0.25) is 24.5 Å². The van der Waals surface area contributed by atoms with Gasteiger partial charge in [0.25, 0.3) is 5.69 Å². The van der Waals surface area contributed by atoms with Crippen molar-refractivity contribution in [3.63, 3.8) is 0 Å². The van der Waals surface area contributed by atoms with Crippen molar-refractivity contribution in [1.82, 2.24) is 0 Å². The Morgan fingerprint density at radius 1 is 1.17 bits per heavy atom. The third kappa shape index (κ3) is 5.41. The number of nitro groups is 1. The highest BCUT2D eigenvalue weighted by atomic mass is 32.2. The van der Waals surface area contributed by atoms with Crippen LogP contribution in [0.1, 0.15) is 23.2 Å². The molecule has 150 valence electrons. The first-order valence-electron chi connectivity index (χ1n) is 8.90. The zero-order valence-corrected chi connectivity index (χ0v) is 16.2. The highest BCUT2D eigenvalue weighted by molar-refractivity contribution is 8.00. The molecule has 3 rings (SSSR count). The molecule has 1 amide bonds. The van der Waals surface area contributed by atoms with Crippen LogP contribution in [0, 0.1) is 10.1 Å². The number of carbonyl (C=O) groups excluding carboxylic acids is 3. The highest BCUT2D eigenvalue weighted by Gasteiger charge is 2.22. The molecule has 0 saturated carbocycles. The average Bonchev–Trinajstić information content (AvgIpc) is 3.16. The average molecular weight is 414 g/mol. The van der Waals surface area contributed by atoms with Gasteiger partial charge in [0.15, 0.2) is 12.4 Å². The number of anilines is 1. The summed E-state index contributed by atoms with van der Waals surface area (Å²) in [6.07, 6.45) is 1.29. The Hall–Kier alpha value is -3.20. The van der Waals surface area contributed by atoms with E-state index in [2.05, 4.69) is 0 Å². The number of hydrogen-bond acceptors (Lipinski definition) is 7. The molecule has 29 heavy (non-hydrogen) atoms. The maximum Gasteiger partial charge on any atom is 0.316 e. The van der Waals surface area contributed by atoms with Crippen molar-refractivity contribution in [3.05, 3.63) is 64.2 Å². The largest absolute Gasteiger partial charge is 0.457 e. The van der Waals surface area contributed by atoms with Gasteiger partial charge in [-0.15, -0.1) is 11.8 Å². The molecule has 0 unspecified atom stereocenters. The van der Waals surface area contributed by atoms with Gasteiger partial charge in [0, 0.05) is 41.2 Å². The predicted octanol–water partition coefficient (Wildman–Crippen LogP) is 3.24. The van der Waals surface area contributed by atoms with E-state index < -0.39 is 17.5 Å². The molecule has 1 heterocycles. The summed E-state index contributed by atoms with van der Waals surface area (Å²) in [7, 11) is 0. The minimum atomic E-state index is -0.562. The molecule has 2 aromatic rings. The smallest absolute Gasteiger partial charge is 0.316 e. The van der Waals surface area contributed by atoms with Gasteiger partial charge >= 0.3 is 5.97 Å². The predicted molar refractivity (Wildman–Crippen MR) is 107 cm³/mol. The van der Waals surface area contributed by atoms with E-state index in [1.54, 1.807) is 41.3 Å². The van der Waals surface area contributed by atoms with E-state index in [1.807, 2.05) is 0 Å². The SMILES string of the molecule is O=C(CSc1ccc([N+](=O)[O-])cc1)OCC(=O)c1cccc(N2CCCC2=O)c1. The number of benzene rings is 2. The number of ketones is 1. The summed E-state index contributed by atoms with van der Waals surface area (Å²) in [6, 6.07) is 12.5. The number of esters is 1. The minimum absolute atomic E-state index is 0.0204. The number of Topliss-reactive ketones (excluding diaryl/α,β-unsaturated/α-hetero) is 1. The standard InChI is InChI=1S/C20H18N2O6S/c23-18(14-3-1-4-16(11-14)21-10-2-5-19(21)24)12-28-20(25)13-29-17-8-6-15(7-9-17)22(26)27/h1,3-4,6-9,11H,2,5,10,12-13H2. The monoisotopic (exact) mass is 414 g/mol. The molecule has 2 aromatic carbocycles. The van der Waals surface area contributed by atoms with E-state index >= 15 is 0 Å². The third-order valence-electron chi connectivity index (χ3n) is 4.32. The molecule has 0 aliphatic carbocycles. The van der Waals surface area contributed by atoms with Crippen LogP contribution in [-0.4, -0.2) is 41.5 Å². The fraction of sp³-hybridized carbons (Fsp3) is 0.250. The lowest BCUT2D eigenvalue weighted by molar-refractivity contribution is -0.384. The summed E-state index contributed by atoms with van der Waals surface area (Å²) in [5.74, 6) is -0.906. The molecule has 1 saturated heterocycles. The Morgan fingerprint density at radius 3 is 2.59 bits per heavy atom. The molecule has 0 bridgehead atoms. The Labute approximate surface area is 171 Å². The number of rotatable bonds is 8. The van der Waals surface area contributed by atoms with Crippen LogP contribution in [0.5, 0.6) is 0 Å². The van der Waals surface area contributed by atoms with E-state index in [0.717, 1.165) is 18.2 Å². The summed E-state index contributed by atoms with van der Waals surface area (Å²) < 4.78 is 5.03. The zero-order chi connectivity index (χ0) is 20.8. The van der Waals surface area contributed by atoms with E-state index in [-0.39, 0.29) is 23.1 Å². The van der Waals surface area contributed by atoms with Crippen molar-refractivity contribution in [2.75, 3.05) is 23.8 Å². The van der Waals surface area contributed by atoms with Crippen molar-refractivity contribution < 1.29 is 24.0 Å². The number of hydrogen-bond donors (Lipinski definition) is 0. The first kappa shape index (κ1) is 20.5. The van der Waals surface area contributed by atoms with Crippen molar-refractivity contribution >= 4 is 40.8 Å². The maximum atomic E-state index is 12.3. The number of non-ortho nitro benzene ring substituents is 1. The first-order valence-corrected chi connectivity index (χ1v) is 9.89. The second kappa shape index (κ2) is 9.33. The van der Waals surface area contributed by atoms with E-state index in [1.165, 1.54) is 12.1 Å². The van der Waals surface area contributed by atoms with Gasteiger partial charge in [0.1, 0.15) is 0 Å². The number of nitro benzene ring substituents is 1. The fourth-order valence-corrected chi connectivity index (χ4v) is 3.54. The van der Waals surface area contributed by atoms with Crippen LogP contribution >= 0.6 is 11.8 Å². The number of thioether (sulfide) groups is 1. The summed E-state index contributed by atoms with van der Waals surface area (Å²) in [6.45, 7) is 0.238. The molecule has 0 radical (unpaired) electrons. The van der Waals surface area contributed by atoms with Gasteiger partial charge in [-0.25, -0.2) is 0 Å². The number of amides is 1. The molecule has 0 spiro atoms. The zero-order valence-electron chi connectivity index (χ0n) is 15.4. The van der Waals surface area contributed by atoms with Crippen LogP contribution in [0.25, 0.3) is 0 Å². The fourth-order valence-electron chi connectivity index (χ4n) is 2.85. The van der Waals surface area contributed by atoms with Gasteiger partial charge in [-0.05, 0) is 30.7 Å². The summed E-state index contributed by atoms with van der Waals surface area (Å²) in [5, 5.41) is 10.6. The van der Waals surface area contributed by atoms with Gasteiger partial charge in [0.05, 0.1) is 10.7 Å². The van der Waals surface area contributed by atoms with Crippen molar-refractivity contribution in [2.45, 2.75) is 17.7 Å². The molecular formula is C20H18N2O6S. The van der Waals surface area contributed by atoms with Gasteiger partial charge < -0.3 is 9.64 Å². The minimum Gasteiger partial charge on any atom is -0.457 e. The lowest BCUT2D eigenvalue weighted by atomic mass is 10.1. The van der Waals surface area contributed by atoms with E-state index in [0.29, 0.717) is 29.1 Å². The molecule has 9 heteroatoms. The van der Waals surface area contributed by atoms with Gasteiger partial charge in [-0.1, -0.05) is 12.1 Å². The Kier molecular flexibility index (Phi) is 6.61. The molecule has 0 N–H and O–H groups in total. The summed E-state index contributed by atoms with van der Waals surface area (Å²) >= 11 is 1.16. The topological polar surface area (TPSA) is 107 Å². The summed E-state index contributed by atoms with van der Waals surface area (Å²) in [4.78, 5) is 48.5. The van der Waals surface area contributed by atoms with Crippen molar-refractivity contribution in [1.29, 1.82) is 0 Å². The van der Waals surface area contributed by atoms with Crippen molar-refractivity contribution in [3.8, 4) is 0 Å². The van der Waals surface area contributed by atoms with Crippen LogP contribution in [0.4, 0.5) is 11.4 Å². The Morgan fingerprint density at radius 2 is 1.93 bits per heavy atom. The van der Waals surface area contributed by atoms with Crippen LogP contribution in [-0.2, 0) is 14.3 Å². The van der Waals surface area contributed by atoms with Gasteiger partial charge in [-0.2, -0.15) is 0 Å². The van der Waals surface area contributed by atoms with Crippen LogP contribution in [0.3, 0.4) is 0 Å². The molecule has 1 fully saturated rings. The second-order valence-electron chi connectivity index (χ2n) is 6.32. The quantitative estimate of drug-likeness (QED) is 0.215. The number of carbonyl (C=O) groups is 3. The number of nitrogens with zero attached hydrogens (tertiary/aromatic N) is 2. The lowest BCUT2D eigenvalue weighted by Crippen LogP contribution is -2.24. The second-order valence-corrected chi connectivity index (χ2v) is 7.37. The molecular weight excluding hydrogens is 396 g/mol. The van der Waals surface area contributed by atoms with E-state index in [4.69, 9.17) is 4.74 Å². The highest BCUT2D eigenvalue weighted by Crippen LogP contribution is 2.23.